The normalized spacial score (nSPS) is 12.8. The van der Waals surface area contributed by atoms with Crippen molar-refractivity contribution in [3.63, 3.8) is 0 Å². The van der Waals surface area contributed by atoms with Crippen molar-refractivity contribution in [1.82, 2.24) is 15.3 Å². The molecule has 0 saturated heterocycles. The maximum absolute atomic E-state index is 14.8. The van der Waals surface area contributed by atoms with Crippen molar-refractivity contribution < 1.29 is 29.6 Å². The fraction of sp³-hybridized carbons (Fsp3) is 0.211. The van der Waals surface area contributed by atoms with E-state index in [1.54, 1.807) is 0 Å². The predicted molar refractivity (Wildman–Crippen MR) is 98.1 cm³/mol. The molecule has 0 aliphatic carbocycles. The first-order chi connectivity index (χ1) is 13.5. The quantitative estimate of drug-likeness (QED) is 0.630. The Hall–Kier alpha value is -3.30. The summed E-state index contributed by atoms with van der Waals surface area (Å²) in [4.78, 5) is 30.1. The molecule has 3 aromatic rings. The number of pyridine rings is 2. The SMILES string of the molecule is Cc1c(C(F)(F)C(=O)N[C@@H](C)c2ncc(F)cc2F)c(=O)[nH]c2ccc(F)cc12.[HH].[HH]. The molecule has 0 unspecified atom stereocenters. The van der Waals surface area contributed by atoms with Crippen LogP contribution in [0.3, 0.4) is 0 Å². The third kappa shape index (κ3) is 3.69. The van der Waals surface area contributed by atoms with Crippen LogP contribution in [0.5, 0.6) is 0 Å². The Labute approximate surface area is 163 Å². The highest BCUT2D eigenvalue weighted by Gasteiger charge is 2.45. The summed E-state index contributed by atoms with van der Waals surface area (Å²) in [5.41, 5.74) is -2.99. The molecule has 2 aromatic heterocycles. The first-order valence-electron chi connectivity index (χ1n) is 8.34. The number of nitrogens with zero attached hydrogens (tertiary/aromatic N) is 1. The number of carbonyl (C=O) groups is 1. The third-order valence-electron chi connectivity index (χ3n) is 4.43. The molecule has 0 spiro atoms. The van der Waals surface area contributed by atoms with Gasteiger partial charge in [-0.3, -0.25) is 14.6 Å². The number of hydrogen-bond donors (Lipinski definition) is 2. The molecule has 10 heteroatoms. The number of halogens is 5. The molecule has 0 saturated carbocycles. The van der Waals surface area contributed by atoms with Crippen molar-refractivity contribution in [2.24, 2.45) is 0 Å². The van der Waals surface area contributed by atoms with Gasteiger partial charge in [-0.25, -0.2) is 13.2 Å². The lowest BCUT2D eigenvalue weighted by Gasteiger charge is -2.21. The van der Waals surface area contributed by atoms with E-state index in [4.69, 9.17) is 0 Å². The Bertz CT molecular complexity index is 1190. The number of H-pyrrole nitrogens is 1. The Morgan fingerprint density at radius 1 is 1.21 bits per heavy atom. The standard InChI is InChI=1S/C19H14F5N3O2.2H2/c1-8-12-5-10(20)3-4-14(12)27-17(28)15(8)19(23,24)18(29)26-9(2)16-13(22)6-11(21)7-25-16;;/h3-7,9H,1-2H3,(H,26,29)(H,27,28);2*1H/t9-;;/m0../s1. The lowest BCUT2D eigenvalue weighted by Crippen LogP contribution is -2.43. The second kappa shape index (κ2) is 7.26. The molecule has 0 aliphatic rings. The summed E-state index contributed by atoms with van der Waals surface area (Å²) in [6.07, 6.45) is 0.673. The van der Waals surface area contributed by atoms with Crippen LogP contribution in [0.25, 0.3) is 10.9 Å². The summed E-state index contributed by atoms with van der Waals surface area (Å²) >= 11 is 0. The summed E-state index contributed by atoms with van der Waals surface area (Å²) in [6, 6.07) is 2.38. The van der Waals surface area contributed by atoms with Crippen molar-refractivity contribution in [1.29, 1.82) is 0 Å². The number of alkyl halides is 2. The van der Waals surface area contributed by atoms with Gasteiger partial charge in [0.25, 0.3) is 11.5 Å². The number of aryl methyl sites for hydroxylation is 1. The molecule has 3 rings (SSSR count). The number of aromatic amines is 1. The van der Waals surface area contributed by atoms with Crippen LogP contribution in [-0.4, -0.2) is 15.9 Å². The molecule has 0 aliphatic heterocycles. The first-order valence-corrected chi connectivity index (χ1v) is 8.34. The summed E-state index contributed by atoms with van der Waals surface area (Å²) < 4.78 is 69.9. The summed E-state index contributed by atoms with van der Waals surface area (Å²) in [6.45, 7) is 2.34. The zero-order chi connectivity index (χ0) is 21.5. The molecule has 2 heterocycles. The minimum Gasteiger partial charge on any atom is -0.342 e. The topological polar surface area (TPSA) is 74.8 Å². The Morgan fingerprint density at radius 3 is 2.55 bits per heavy atom. The number of nitrogens with one attached hydrogen (secondary N) is 2. The van der Waals surface area contributed by atoms with E-state index < -0.39 is 52.1 Å². The molecule has 0 bridgehead atoms. The molecule has 29 heavy (non-hydrogen) atoms. The lowest BCUT2D eigenvalue weighted by atomic mass is 9.99. The monoisotopic (exact) mass is 415 g/mol. The van der Waals surface area contributed by atoms with E-state index in [1.165, 1.54) is 13.0 Å². The summed E-state index contributed by atoms with van der Waals surface area (Å²) in [5.74, 6) is -9.02. The molecular weight excluding hydrogens is 397 g/mol. The number of hydrogen-bond acceptors (Lipinski definition) is 3. The fourth-order valence-corrected chi connectivity index (χ4v) is 3.02. The van der Waals surface area contributed by atoms with Crippen LogP contribution in [0.1, 0.15) is 32.6 Å². The van der Waals surface area contributed by atoms with Gasteiger partial charge in [0.1, 0.15) is 17.5 Å². The van der Waals surface area contributed by atoms with Crippen LogP contribution in [-0.2, 0) is 10.7 Å². The van der Waals surface area contributed by atoms with E-state index >= 15 is 0 Å². The molecule has 1 atom stereocenters. The molecular formula is C19H18F5N3O2. The fourth-order valence-electron chi connectivity index (χ4n) is 3.02. The Kier molecular flexibility index (Phi) is 5.12. The molecule has 0 radical (unpaired) electrons. The van der Waals surface area contributed by atoms with E-state index in [-0.39, 0.29) is 19.3 Å². The number of amides is 1. The minimum atomic E-state index is -4.32. The zero-order valence-electron chi connectivity index (χ0n) is 15.1. The average Bonchev–Trinajstić information content (AvgIpc) is 2.62. The maximum Gasteiger partial charge on any atom is 0.355 e. The van der Waals surface area contributed by atoms with Gasteiger partial charge in [-0.2, -0.15) is 8.78 Å². The molecule has 2 N–H and O–H groups in total. The van der Waals surface area contributed by atoms with Crippen molar-refractivity contribution in [2.75, 3.05) is 0 Å². The molecule has 1 aromatic carbocycles. The number of aromatic nitrogens is 2. The van der Waals surface area contributed by atoms with E-state index in [2.05, 4.69) is 9.97 Å². The van der Waals surface area contributed by atoms with E-state index in [9.17, 15) is 31.5 Å². The smallest absolute Gasteiger partial charge is 0.342 e. The Balaban J connectivity index is 0.00000240. The highest BCUT2D eigenvalue weighted by molar-refractivity contribution is 5.89. The van der Waals surface area contributed by atoms with Crippen LogP contribution in [0, 0.1) is 24.4 Å². The van der Waals surface area contributed by atoms with Crippen LogP contribution >= 0.6 is 0 Å². The molecule has 5 nitrogen and oxygen atoms in total. The number of rotatable bonds is 4. The van der Waals surface area contributed by atoms with E-state index in [0.717, 1.165) is 19.1 Å². The second-order valence-electron chi connectivity index (χ2n) is 6.43. The molecule has 0 fully saturated rings. The zero-order valence-corrected chi connectivity index (χ0v) is 15.1. The van der Waals surface area contributed by atoms with Crippen molar-refractivity contribution in [2.45, 2.75) is 25.8 Å². The van der Waals surface area contributed by atoms with Gasteiger partial charge in [0.2, 0.25) is 0 Å². The Morgan fingerprint density at radius 2 is 1.90 bits per heavy atom. The van der Waals surface area contributed by atoms with E-state index in [1.807, 2.05) is 5.32 Å². The second-order valence-corrected chi connectivity index (χ2v) is 6.43. The van der Waals surface area contributed by atoms with Crippen molar-refractivity contribution in [3.8, 4) is 0 Å². The average molecular weight is 415 g/mol. The largest absolute Gasteiger partial charge is 0.355 e. The summed E-state index contributed by atoms with van der Waals surface area (Å²) in [7, 11) is 0. The highest BCUT2D eigenvalue weighted by Crippen LogP contribution is 2.32. The number of benzene rings is 1. The first kappa shape index (κ1) is 20.4. The third-order valence-corrected chi connectivity index (χ3v) is 4.43. The lowest BCUT2D eigenvalue weighted by molar-refractivity contribution is -0.148. The van der Waals surface area contributed by atoms with Crippen molar-refractivity contribution >= 4 is 16.8 Å². The van der Waals surface area contributed by atoms with Crippen LogP contribution in [0.15, 0.2) is 35.3 Å². The maximum atomic E-state index is 14.8. The van der Waals surface area contributed by atoms with Crippen LogP contribution < -0.4 is 10.9 Å². The predicted octanol–water partition coefficient (Wildman–Crippen LogP) is 4.11. The van der Waals surface area contributed by atoms with Gasteiger partial charge in [0.15, 0.2) is 0 Å². The summed E-state index contributed by atoms with van der Waals surface area (Å²) in [5, 5.41) is 1.87. The van der Waals surface area contributed by atoms with E-state index in [0.29, 0.717) is 12.3 Å². The van der Waals surface area contributed by atoms with Gasteiger partial charge in [0.05, 0.1) is 23.5 Å². The van der Waals surface area contributed by atoms with Crippen molar-refractivity contribution in [3.05, 3.63) is 75.1 Å². The molecule has 156 valence electrons. The van der Waals surface area contributed by atoms with Crippen LogP contribution in [0.4, 0.5) is 22.0 Å². The highest BCUT2D eigenvalue weighted by atomic mass is 19.3. The molecule has 1 amide bonds. The minimum absolute atomic E-state index is 0. The van der Waals surface area contributed by atoms with Gasteiger partial charge in [-0.05, 0) is 37.6 Å². The van der Waals surface area contributed by atoms with Gasteiger partial charge in [-0.15, -0.1) is 0 Å². The number of fused-ring (bicyclic) bond motifs is 1. The number of carbonyl (C=O) groups excluding carboxylic acids is 1. The van der Waals surface area contributed by atoms with Gasteiger partial charge in [-0.1, -0.05) is 0 Å². The van der Waals surface area contributed by atoms with Crippen LogP contribution in [0.2, 0.25) is 0 Å². The van der Waals surface area contributed by atoms with Gasteiger partial charge < -0.3 is 10.3 Å². The van der Waals surface area contributed by atoms with Gasteiger partial charge in [0, 0.05) is 19.8 Å². The van der Waals surface area contributed by atoms with Gasteiger partial charge >= 0.3 is 5.92 Å².